The van der Waals surface area contributed by atoms with Gasteiger partial charge in [0.05, 0.1) is 6.92 Å². The van der Waals surface area contributed by atoms with Crippen molar-refractivity contribution in [2.24, 2.45) is 0 Å². The summed E-state index contributed by atoms with van der Waals surface area (Å²) >= 11 is 0. The topological polar surface area (TPSA) is 17.0 Å². The third-order valence-corrected chi connectivity index (χ3v) is 3.31. The molecule has 0 saturated heterocycles. The monoisotopic (exact) mass is 238 g/mol. The Morgan fingerprint density at radius 2 is 1.78 bits per heavy atom. The Bertz CT molecular complexity index is 683. The van der Waals surface area contributed by atoms with Crippen molar-refractivity contribution >= 4 is 11.1 Å². The van der Waals surface area contributed by atoms with E-state index in [1.54, 1.807) is 0 Å². The number of rotatable bonds is 2. The number of hydrogen-bond acceptors (Lipinski definition) is 1. The van der Waals surface area contributed by atoms with Crippen LogP contribution in [0.5, 0.6) is 0 Å². The third kappa shape index (κ3) is 1.70. The lowest BCUT2D eigenvalue weighted by atomic mass is 10.1. The summed E-state index contributed by atoms with van der Waals surface area (Å²) in [6.07, 6.45) is 0. The lowest BCUT2D eigenvalue weighted by molar-refractivity contribution is -0.679. The maximum atomic E-state index is 5.74. The zero-order valence-corrected chi connectivity index (χ0v) is 10.7. The maximum absolute atomic E-state index is 5.74. The standard InChI is InChI=1S/C16H16NO/c1-3-17-12(2)18-16-10-9-14(11-15(16)17)13-7-5-4-6-8-13/h4-11H,3H2,1-2H3/q+1. The van der Waals surface area contributed by atoms with Gasteiger partial charge in [-0.3, -0.25) is 0 Å². The molecule has 0 N–H and O–H groups in total. The molecule has 90 valence electrons. The predicted molar refractivity (Wildman–Crippen MR) is 72.3 cm³/mol. The molecule has 0 fully saturated rings. The molecule has 0 radical (unpaired) electrons. The highest BCUT2D eigenvalue weighted by atomic mass is 16.3. The summed E-state index contributed by atoms with van der Waals surface area (Å²) in [7, 11) is 0. The SMILES string of the molecule is CC[n+]1c(C)oc2ccc(-c3ccccc3)cc21. The van der Waals surface area contributed by atoms with Crippen LogP contribution in [0.25, 0.3) is 22.2 Å². The molecule has 0 spiro atoms. The van der Waals surface area contributed by atoms with Gasteiger partial charge in [-0.15, -0.1) is 0 Å². The minimum atomic E-state index is 0.928. The maximum Gasteiger partial charge on any atom is 0.344 e. The van der Waals surface area contributed by atoms with Crippen LogP contribution < -0.4 is 4.57 Å². The number of aryl methyl sites for hydroxylation is 2. The number of nitrogens with zero attached hydrogens (tertiary/aromatic N) is 1. The molecule has 0 amide bonds. The first kappa shape index (κ1) is 11.0. The van der Waals surface area contributed by atoms with Crippen molar-refractivity contribution in [3.8, 4) is 11.1 Å². The molecule has 2 aromatic carbocycles. The Kier molecular flexibility index (Phi) is 2.63. The van der Waals surface area contributed by atoms with E-state index in [1.165, 1.54) is 11.1 Å². The summed E-state index contributed by atoms with van der Waals surface area (Å²) in [4.78, 5) is 0. The Balaban J connectivity index is 2.22. The third-order valence-electron chi connectivity index (χ3n) is 3.31. The summed E-state index contributed by atoms with van der Waals surface area (Å²) in [6.45, 7) is 5.07. The molecule has 0 atom stereocenters. The minimum absolute atomic E-state index is 0.928. The average molecular weight is 238 g/mol. The molecule has 0 saturated carbocycles. The van der Waals surface area contributed by atoms with Gasteiger partial charge < -0.3 is 4.42 Å². The van der Waals surface area contributed by atoms with Crippen molar-refractivity contribution in [3.05, 3.63) is 54.4 Å². The van der Waals surface area contributed by atoms with E-state index in [0.717, 1.165) is 23.5 Å². The highest BCUT2D eigenvalue weighted by Crippen LogP contribution is 2.23. The highest BCUT2D eigenvalue weighted by Gasteiger charge is 2.17. The van der Waals surface area contributed by atoms with Crippen molar-refractivity contribution in [3.63, 3.8) is 0 Å². The normalized spacial score (nSPS) is 11.0. The van der Waals surface area contributed by atoms with Gasteiger partial charge >= 0.3 is 5.89 Å². The Morgan fingerprint density at radius 3 is 2.50 bits per heavy atom. The van der Waals surface area contributed by atoms with Crippen molar-refractivity contribution in [2.75, 3.05) is 0 Å². The van der Waals surface area contributed by atoms with Gasteiger partial charge in [0.1, 0.15) is 6.54 Å². The fourth-order valence-corrected chi connectivity index (χ4v) is 2.40. The van der Waals surface area contributed by atoms with E-state index in [4.69, 9.17) is 4.42 Å². The second kappa shape index (κ2) is 4.30. The van der Waals surface area contributed by atoms with Gasteiger partial charge in [-0.1, -0.05) is 36.4 Å². The zero-order chi connectivity index (χ0) is 12.5. The van der Waals surface area contributed by atoms with Crippen molar-refractivity contribution < 1.29 is 8.98 Å². The van der Waals surface area contributed by atoms with E-state index in [2.05, 4.69) is 54.0 Å². The van der Waals surface area contributed by atoms with Crippen LogP contribution in [0.1, 0.15) is 12.8 Å². The number of hydrogen-bond donors (Lipinski definition) is 0. The van der Waals surface area contributed by atoms with Crippen molar-refractivity contribution in [1.82, 2.24) is 0 Å². The summed E-state index contributed by atoms with van der Waals surface area (Å²) in [5.41, 5.74) is 4.58. The molecule has 0 unspecified atom stereocenters. The molecule has 3 aromatic rings. The van der Waals surface area contributed by atoms with Gasteiger partial charge in [-0.2, -0.15) is 4.57 Å². The van der Waals surface area contributed by atoms with Crippen LogP contribution >= 0.6 is 0 Å². The molecular formula is C16H16NO+. The lowest BCUT2D eigenvalue weighted by Gasteiger charge is -1.99. The number of oxazole rings is 1. The molecule has 3 rings (SSSR count). The minimum Gasteiger partial charge on any atom is -0.402 e. The van der Waals surface area contributed by atoms with E-state index < -0.39 is 0 Å². The van der Waals surface area contributed by atoms with E-state index in [9.17, 15) is 0 Å². The summed E-state index contributed by atoms with van der Waals surface area (Å²) in [5, 5.41) is 0. The summed E-state index contributed by atoms with van der Waals surface area (Å²) in [6, 6.07) is 16.8. The van der Waals surface area contributed by atoms with E-state index in [1.807, 2.05) is 13.0 Å². The molecule has 0 bridgehead atoms. The van der Waals surface area contributed by atoms with Gasteiger partial charge in [0.15, 0.2) is 0 Å². The first-order valence-electron chi connectivity index (χ1n) is 6.28. The smallest absolute Gasteiger partial charge is 0.344 e. The second-order valence-corrected chi connectivity index (χ2v) is 4.41. The number of fused-ring (bicyclic) bond motifs is 1. The fourth-order valence-electron chi connectivity index (χ4n) is 2.40. The van der Waals surface area contributed by atoms with Gasteiger partial charge in [0.25, 0.3) is 5.52 Å². The van der Waals surface area contributed by atoms with Gasteiger partial charge in [0, 0.05) is 6.07 Å². The molecule has 0 aliphatic heterocycles. The van der Waals surface area contributed by atoms with E-state index in [-0.39, 0.29) is 0 Å². The van der Waals surface area contributed by atoms with Gasteiger partial charge in [0.2, 0.25) is 5.58 Å². The van der Waals surface area contributed by atoms with E-state index >= 15 is 0 Å². The van der Waals surface area contributed by atoms with E-state index in [0.29, 0.717) is 0 Å². The largest absolute Gasteiger partial charge is 0.402 e. The summed E-state index contributed by atoms with van der Waals surface area (Å²) < 4.78 is 7.94. The fraction of sp³-hybridized carbons (Fsp3) is 0.188. The summed E-state index contributed by atoms with van der Waals surface area (Å²) in [5.74, 6) is 0.956. The lowest BCUT2D eigenvalue weighted by Crippen LogP contribution is -2.33. The molecule has 0 aliphatic carbocycles. The van der Waals surface area contributed by atoms with Crippen molar-refractivity contribution in [2.45, 2.75) is 20.4 Å². The van der Waals surface area contributed by atoms with Crippen LogP contribution in [0, 0.1) is 6.92 Å². The average Bonchev–Trinajstić information content (AvgIpc) is 2.74. The Morgan fingerprint density at radius 1 is 1.00 bits per heavy atom. The van der Waals surface area contributed by atoms with Crippen LogP contribution in [-0.4, -0.2) is 0 Å². The van der Waals surface area contributed by atoms with Crippen molar-refractivity contribution in [1.29, 1.82) is 0 Å². The number of aromatic nitrogens is 1. The van der Waals surface area contributed by atoms with Crippen LogP contribution in [0.2, 0.25) is 0 Å². The van der Waals surface area contributed by atoms with Crippen LogP contribution in [0.15, 0.2) is 52.9 Å². The Labute approximate surface area is 106 Å². The van der Waals surface area contributed by atoms with Crippen LogP contribution in [0.3, 0.4) is 0 Å². The molecule has 1 heterocycles. The molecular weight excluding hydrogens is 222 g/mol. The quantitative estimate of drug-likeness (QED) is 0.622. The highest BCUT2D eigenvalue weighted by molar-refractivity contribution is 5.78. The first-order valence-corrected chi connectivity index (χ1v) is 6.28. The molecule has 18 heavy (non-hydrogen) atoms. The van der Waals surface area contributed by atoms with Crippen LogP contribution in [-0.2, 0) is 6.54 Å². The molecule has 0 aliphatic rings. The first-order chi connectivity index (χ1) is 8.79. The Hall–Kier alpha value is -2.09. The molecule has 2 nitrogen and oxygen atoms in total. The second-order valence-electron chi connectivity index (χ2n) is 4.41. The van der Waals surface area contributed by atoms with Gasteiger partial charge in [-0.05, 0) is 24.1 Å². The number of benzene rings is 2. The zero-order valence-electron chi connectivity index (χ0n) is 10.7. The van der Waals surface area contributed by atoms with Gasteiger partial charge in [-0.25, -0.2) is 0 Å². The molecule has 2 heteroatoms. The predicted octanol–water partition coefficient (Wildman–Crippen LogP) is 3.72. The molecule has 1 aromatic heterocycles. The van der Waals surface area contributed by atoms with Crippen LogP contribution in [0.4, 0.5) is 0 Å².